The van der Waals surface area contributed by atoms with E-state index in [0.717, 1.165) is 29.7 Å². The maximum Gasteiger partial charge on any atom is 0.269 e. The lowest BCUT2D eigenvalue weighted by Crippen LogP contribution is -2.46. The van der Waals surface area contributed by atoms with Crippen LogP contribution in [0.4, 0.5) is 0 Å². The van der Waals surface area contributed by atoms with Crippen LogP contribution in [0.2, 0.25) is 0 Å². The predicted octanol–water partition coefficient (Wildman–Crippen LogP) is 1.82. The molecule has 0 bridgehead atoms. The van der Waals surface area contributed by atoms with Crippen molar-refractivity contribution in [1.82, 2.24) is 15.1 Å². The third kappa shape index (κ3) is 4.67. The first kappa shape index (κ1) is 22.0. The van der Waals surface area contributed by atoms with Gasteiger partial charge in [0, 0.05) is 26.1 Å². The van der Waals surface area contributed by atoms with Gasteiger partial charge in [-0.05, 0) is 38.3 Å². The largest absolute Gasteiger partial charge is 0.381 e. The average Bonchev–Trinajstić information content (AvgIpc) is 3.37. The molecule has 0 radical (unpaired) electrons. The second-order valence-corrected chi connectivity index (χ2v) is 8.59. The predicted molar refractivity (Wildman–Crippen MR) is 118 cm³/mol. The standard InChI is InChI=1S/C23H29N5O4/c1-15-4-3-5-17(10-15)12-23(22(24)30)13-18(27-32-23)14-25-21(29)20-11-16(2)26-28(20)19-6-8-31-9-7-19/h3-5,10-11,19H,6-9,12-14H2,1-2H3,(H2,24,30)(H,25,29). The number of amides is 2. The highest BCUT2D eigenvalue weighted by atomic mass is 16.7. The monoisotopic (exact) mass is 439 g/mol. The topological polar surface area (TPSA) is 121 Å². The molecule has 1 atom stereocenters. The Morgan fingerprint density at radius 1 is 1.25 bits per heavy atom. The quantitative estimate of drug-likeness (QED) is 0.682. The molecule has 3 N–H and O–H groups in total. The van der Waals surface area contributed by atoms with Gasteiger partial charge in [-0.2, -0.15) is 5.10 Å². The van der Waals surface area contributed by atoms with Crippen molar-refractivity contribution < 1.29 is 19.2 Å². The first-order valence-corrected chi connectivity index (χ1v) is 10.9. The van der Waals surface area contributed by atoms with Crippen LogP contribution in [-0.2, 0) is 20.8 Å². The lowest BCUT2D eigenvalue weighted by Gasteiger charge is -2.24. The summed E-state index contributed by atoms with van der Waals surface area (Å²) in [7, 11) is 0. The van der Waals surface area contributed by atoms with Gasteiger partial charge in [0.1, 0.15) is 5.69 Å². The second kappa shape index (κ2) is 9.12. The van der Waals surface area contributed by atoms with Gasteiger partial charge in [-0.3, -0.25) is 14.3 Å². The molecule has 1 aromatic heterocycles. The van der Waals surface area contributed by atoms with E-state index >= 15 is 0 Å². The minimum absolute atomic E-state index is 0.141. The number of rotatable bonds is 7. The van der Waals surface area contributed by atoms with Gasteiger partial charge >= 0.3 is 0 Å². The lowest BCUT2D eigenvalue weighted by atomic mass is 9.88. The van der Waals surface area contributed by atoms with Crippen LogP contribution in [0.1, 0.15) is 52.6 Å². The normalized spacial score (nSPS) is 21.1. The molecule has 2 aromatic rings. The third-order valence-corrected chi connectivity index (χ3v) is 5.94. The minimum Gasteiger partial charge on any atom is -0.381 e. The zero-order chi connectivity index (χ0) is 22.7. The van der Waals surface area contributed by atoms with Crippen molar-refractivity contribution in [3.05, 3.63) is 52.8 Å². The Hall–Kier alpha value is -3.20. The van der Waals surface area contributed by atoms with Crippen molar-refractivity contribution in [3.63, 3.8) is 0 Å². The highest BCUT2D eigenvalue weighted by Gasteiger charge is 2.45. The molecule has 1 unspecified atom stereocenters. The van der Waals surface area contributed by atoms with Gasteiger partial charge in [-0.15, -0.1) is 0 Å². The second-order valence-electron chi connectivity index (χ2n) is 8.59. The van der Waals surface area contributed by atoms with E-state index in [1.54, 1.807) is 10.7 Å². The number of primary amides is 1. The van der Waals surface area contributed by atoms with E-state index in [9.17, 15) is 9.59 Å². The number of ether oxygens (including phenoxy) is 1. The van der Waals surface area contributed by atoms with Crippen LogP contribution < -0.4 is 11.1 Å². The summed E-state index contributed by atoms with van der Waals surface area (Å²) < 4.78 is 7.22. The minimum atomic E-state index is -1.24. The van der Waals surface area contributed by atoms with Crippen molar-refractivity contribution in [2.75, 3.05) is 19.8 Å². The van der Waals surface area contributed by atoms with Crippen LogP contribution in [0.5, 0.6) is 0 Å². The van der Waals surface area contributed by atoms with Gasteiger partial charge in [-0.25, -0.2) is 0 Å². The van der Waals surface area contributed by atoms with Crippen LogP contribution in [0.15, 0.2) is 35.5 Å². The summed E-state index contributed by atoms with van der Waals surface area (Å²) >= 11 is 0. The SMILES string of the molecule is Cc1cccc(CC2(C(N)=O)CC(CNC(=O)c3cc(C)nn3C3CCOCC3)=NO2)c1. The van der Waals surface area contributed by atoms with Gasteiger partial charge < -0.3 is 20.6 Å². The lowest BCUT2D eigenvalue weighted by molar-refractivity contribution is -0.140. The Kier molecular flexibility index (Phi) is 6.27. The molecule has 1 aromatic carbocycles. The molecule has 170 valence electrons. The van der Waals surface area contributed by atoms with E-state index in [4.69, 9.17) is 15.3 Å². The molecule has 3 heterocycles. The van der Waals surface area contributed by atoms with Gasteiger partial charge in [0.05, 0.1) is 24.0 Å². The Morgan fingerprint density at radius 2 is 2.03 bits per heavy atom. The molecule has 0 saturated carbocycles. The molecular formula is C23H29N5O4. The number of oxime groups is 1. The summed E-state index contributed by atoms with van der Waals surface area (Å²) in [4.78, 5) is 30.7. The molecule has 9 nitrogen and oxygen atoms in total. The van der Waals surface area contributed by atoms with Crippen LogP contribution in [0, 0.1) is 13.8 Å². The molecule has 2 aliphatic rings. The van der Waals surface area contributed by atoms with Gasteiger partial charge in [0.25, 0.3) is 11.8 Å². The average molecular weight is 440 g/mol. The van der Waals surface area contributed by atoms with Crippen LogP contribution >= 0.6 is 0 Å². The van der Waals surface area contributed by atoms with E-state index in [0.29, 0.717) is 31.0 Å². The fourth-order valence-electron chi connectivity index (χ4n) is 4.27. The molecule has 0 spiro atoms. The van der Waals surface area contributed by atoms with Crippen molar-refractivity contribution in [3.8, 4) is 0 Å². The zero-order valence-corrected chi connectivity index (χ0v) is 18.5. The number of aromatic nitrogens is 2. The number of hydrogen-bond donors (Lipinski definition) is 2. The van der Waals surface area contributed by atoms with Crippen LogP contribution in [0.3, 0.4) is 0 Å². The summed E-state index contributed by atoms with van der Waals surface area (Å²) in [6.45, 7) is 5.34. The fourth-order valence-corrected chi connectivity index (χ4v) is 4.27. The summed E-state index contributed by atoms with van der Waals surface area (Å²) in [6, 6.07) is 9.76. The van der Waals surface area contributed by atoms with Gasteiger partial charge in [0.15, 0.2) is 0 Å². The highest BCUT2D eigenvalue weighted by Crippen LogP contribution is 2.28. The zero-order valence-electron chi connectivity index (χ0n) is 18.5. The van der Waals surface area contributed by atoms with E-state index in [1.165, 1.54) is 0 Å². The molecule has 2 amide bonds. The summed E-state index contributed by atoms with van der Waals surface area (Å²) in [5.41, 5.74) is 8.34. The molecule has 4 rings (SSSR count). The Balaban J connectivity index is 1.40. The number of carbonyl (C=O) groups excluding carboxylic acids is 2. The number of nitrogens with two attached hydrogens (primary N) is 1. The molecular weight excluding hydrogens is 410 g/mol. The van der Waals surface area contributed by atoms with E-state index in [2.05, 4.69) is 15.6 Å². The van der Waals surface area contributed by atoms with Gasteiger partial charge in [-0.1, -0.05) is 35.0 Å². The number of carbonyl (C=O) groups is 2. The third-order valence-electron chi connectivity index (χ3n) is 5.94. The molecule has 1 fully saturated rings. The smallest absolute Gasteiger partial charge is 0.269 e. The molecule has 0 aliphatic carbocycles. The first-order chi connectivity index (χ1) is 15.4. The summed E-state index contributed by atoms with van der Waals surface area (Å²) in [5.74, 6) is -0.813. The number of hydrogen-bond acceptors (Lipinski definition) is 6. The maximum absolute atomic E-state index is 12.9. The first-order valence-electron chi connectivity index (χ1n) is 10.9. The molecule has 2 aliphatic heterocycles. The number of nitrogens with one attached hydrogen (secondary N) is 1. The van der Waals surface area contributed by atoms with E-state index < -0.39 is 11.5 Å². The summed E-state index contributed by atoms with van der Waals surface area (Å²) in [6.07, 6.45) is 2.19. The fraction of sp³-hybridized carbons (Fsp3) is 0.478. The summed E-state index contributed by atoms with van der Waals surface area (Å²) in [5, 5.41) is 11.5. The van der Waals surface area contributed by atoms with E-state index in [-0.39, 0.29) is 24.9 Å². The molecule has 1 saturated heterocycles. The molecule has 32 heavy (non-hydrogen) atoms. The number of aryl methyl sites for hydroxylation is 2. The van der Waals surface area contributed by atoms with Crippen LogP contribution in [0.25, 0.3) is 0 Å². The van der Waals surface area contributed by atoms with Crippen molar-refractivity contribution in [2.24, 2.45) is 10.9 Å². The Morgan fingerprint density at radius 3 is 2.75 bits per heavy atom. The van der Waals surface area contributed by atoms with E-state index in [1.807, 2.05) is 38.1 Å². The maximum atomic E-state index is 12.9. The highest BCUT2D eigenvalue weighted by molar-refractivity contribution is 6.00. The number of nitrogens with zero attached hydrogens (tertiary/aromatic N) is 3. The number of benzene rings is 1. The Labute approximate surface area is 186 Å². The van der Waals surface area contributed by atoms with Crippen LogP contribution in [-0.4, -0.2) is 52.7 Å². The van der Waals surface area contributed by atoms with Crippen molar-refractivity contribution in [2.45, 2.75) is 51.2 Å². The van der Waals surface area contributed by atoms with Crippen molar-refractivity contribution in [1.29, 1.82) is 0 Å². The van der Waals surface area contributed by atoms with Gasteiger partial charge in [0.2, 0.25) is 5.60 Å². The Bertz CT molecular complexity index is 1040. The molecule has 9 heteroatoms. The van der Waals surface area contributed by atoms with Crippen molar-refractivity contribution >= 4 is 17.5 Å².